The molecule has 18 heavy (non-hydrogen) atoms. The molecule has 2 aliphatic rings. The molecule has 1 N–H and O–H groups in total. The van der Waals surface area contributed by atoms with Gasteiger partial charge in [0.2, 0.25) is 11.8 Å². The first-order valence-electron chi connectivity index (χ1n) is 6.50. The van der Waals surface area contributed by atoms with Crippen molar-refractivity contribution >= 4 is 11.8 Å². The zero-order valence-electron chi connectivity index (χ0n) is 10.9. The number of rotatable bonds is 5. The van der Waals surface area contributed by atoms with E-state index in [4.69, 9.17) is 0 Å². The Morgan fingerprint density at radius 2 is 1.94 bits per heavy atom. The summed E-state index contributed by atoms with van der Waals surface area (Å²) in [6.45, 7) is 4.15. The Bertz CT molecular complexity index is 393. The molecule has 1 saturated heterocycles. The van der Waals surface area contributed by atoms with Gasteiger partial charge in [-0.2, -0.15) is 5.26 Å². The molecule has 1 heterocycles. The van der Waals surface area contributed by atoms with Crippen LogP contribution in [0.4, 0.5) is 0 Å². The minimum absolute atomic E-state index is 0.147. The van der Waals surface area contributed by atoms with Gasteiger partial charge < -0.3 is 0 Å². The highest BCUT2D eigenvalue weighted by molar-refractivity contribution is 6.02. The van der Waals surface area contributed by atoms with E-state index in [1.165, 1.54) is 4.90 Å². The molecule has 5 nitrogen and oxygen atoms in total. The van der Waals surface area contributed by atoms with E-state index >= 15 is 0 Å². The predicted octanol–water partition coefficient (Wildman–Crippen LogP) is 0.806. The van der Waals surface area contributed by atoms with E-state index in [2.05, 4.69) is 11.4 Å². The Morgan fingerprint density at radius 3 is 2.33 bits per heavy atom. The number of nitrogens with zero attached hydrogens (tertiary/aromatic N) is 2. The lowest BCUT2D eigenvalue weighted by Gasteiger charge is -2.33. The van der Waals surface area contributed by atoms with Crippen LogP contribution in [0.2, 0.25) is 0 Å². The molecule has 1 saturated carbocycles. The van der Waals surface area contributed by atoms with Crippen molar-refractivity contribution in [3.05, 3.63) is 0 Å². The van der Waals surface area contributed by atoms with Crippen molar-refractivity contribution in [3.8, 4) is 6.07 Å². The van der Waals surface area contributed by atoms with Crippen LogP contribution in [0.1, 0.15) is 39.5 Å². The summed E-state index contributed by atoms with van der Waals surface area (Å²) < 4.78 is 0. The van der Waals surface area contributed by atoms with Gasteiger partial charge in [-0.1, -0.05) is 0 Å². The Hall–Kier alpha value is -1.41. The number of amides is 2. The third-order valence-corrected chi connectivity index (χ3v) is 3.58. The summed E-state index contributed by atoms with van der Waals surface area (Å²) in [5.41, 5.74) is -0.760. The van der Waals surface area contributed by atoms with Crippen molar-refractivity contribution in [1.82, 2.24) is 10.2 Å². The standard InChI is InChI=1S/C13H19N3O2/c1-9(2)15-13(7-14,10-3-4-10)8-16-11(17)5-6-12(16)18/h9-10,15H,3-6,8H2,1-2H3. The molecular formula is C13H19N3O2. The second kappa shape index (κ2) is 4.69. The minimum atomic E-state index is -0.760. The van der Waals surface area contributed by atoms with Crippen molar-refractivity contribution in [2.45, 2.75) is 51.1 Å². The molecule has 0 bridgehead atoms. The molecule has 1 unspecified atom stereocenters. The van der Waals surface area contributed by atoms with Crippen molar-refractivity contribution in [2.24, 2.45) is 5.92 Å². The van der Waals surface area contributed by atoms with E-state index in [0.717, 1.165) is 12.8 Å². The average molecular weight is 249 g/mol. The maximum Gasteiger partial charge on any atom is 0.229 e. The van der Waals surface area contributed by atoms with Gasteiger partial charge >= 0.3 is 0 Å². The summed E-state index contributed by atoms with van der Waals surface area (Å²) in [7, 11) is 0. The van der Waals surface area contributed by atoms with Gasteiger partial charge in [0, 0.05) is 18.9 Å². The zero-order valence-corrected chi connectivity index (χ0v) is 10.9. The number of hydrogen-bond acceptors (Lipinski definition) is 4. The summed E-state index contributed by atoms with van der Waals surface area (Å²) in [5.74, 6) is -0.0391. The quantitative estimate of drug-likeness (QED) is 0.732. The molecule has 2 fully saturated rings. The van der Waals surface area contributed by atoms with Crippen LogP contribution in [-0.2, 0) is 9.59 Å². The lowest BCUT2D eigenvalue weighted by molar-refractivity contribution is -0.139. The van der Waals surface area contributed by atoms with Crippen LogP contribution in [0.25, 0.3) is 0 Å². The van der Waals surface area contributed by atoms with Crippen LogP contribution >= 0.6 is 0 Å². The molecule has 0 spiro atoms. The van der Waals surface area contributed by atoms with E-state index < -0.39 is 5.54 Å². The Morgan fingerprint density at radius 1 is 1.39 bits per heavy atom. The lowest BCUT2D eigenvalue weighted by Crippen LogP contribution is -2.57. The van der Waals surface area contributed by atoms with Gasteiger partial charge in [-0.3, -0.25) is 19.8 Å². The second-order valence-corrected chi connectivity index (χ2v) is 5.53. The van der Waals surface area contributed by atoms with Gasteiger partial charge in [0.1, 0.15) is 5.54 Å². The number of carbonyl (C=O) groups excluding carboxylic acids is 2. The van der Waals surface area contributed by atoms with E-state index in [-0.39, 0.29) is 43.2 Å². The molecular weight excluding hydrogens is 230 g/mol. The van der Waals surface area contributed by atoms with Crippen LogP contribution in [0.3, 0.4) is 0 Å². The first-order chi connectivity index (χ1) is 8.48. The van der Waals surface area contributed by atoms with Crippen LogP contribution in [0, 0.1) is 17.2 Å². The van der Waals surface area contributed by atoms with Gasteiger partial charge in [0.15, 0.2) is 0 Å². The van der Waals surface area contributed by atoms with Gasteiger partial charge in [-0.25, -0.2) is 0 Å². The first kappa shape index (κ1) is 13.0. The summed E-state index contributed by atoms with van der Waals surface area (Å²) in [5, 5.41) is 12.8. The van der Waals surface area contributed by atoms with Crippen molar-refractivity contribution in [3.63, 3.8) is 0 Å². The zero-order chi connectivity index (χ0) is 13.3. The Labute approximate surface area is 107 Å². The third-order valence-electron chi connectivity index (χ3n) is 3.58. The lowest BCUT2D eigenvalue weighted by atomic mass is 9.93. The van der Waals surface area contributed by atoms with Crippen LogP contribution < -0.4 is 5.32 Å². The highest BCUT2D eigenvalue weighted by Crippen LogP contribution is 2.40. The molecule has 0 aromatic carbocycles. The van der Waals surface area contributed by atoms with Gasteiger partial charge in [0.25, 0.3) is 0 Å². The van der Waals surface area contributed by atoms with Gasteiger partial charge in [-0.05, 0) is 32.6 Å². The fraction of sp³-hybridized carbons (Fsp3) is 0.769. The van der Waals surface area contributed by atoms with Crippen LogP contribution in [0.15, 0.2) is 0 Å². The van der Waals surface area contributed by atoms with Crippen molar-refractivity contribution in [1.29, 1.82) is 5.26 Å². The molecule has 5 heteroatoms. The largest absolute Gasteiger partial charge is 0.295 e. The van der Waals surface area contributed by atoms with Gasteiger partial charge in [0.05, 0.1) is 12.6 Å². The van der Waals surface area contributed by atoms with Crippen molar-refractivity contribution in [2.75, 3.05) is 6.54 Å². The fourth-order valence-corrected chi connectivity index (χ4v) is 2.59. The number of carbonyl (C=O) groups is 2. The first-order valence-corrected chi connectivity index (χ1v) is 6.50. The summed E-state index contributed by atoms with van der Waals surface area (Å²) in [4.78, 5) is 24.6. The maximum absolute atomic E-state index is 11.7. The monoisotopic (exact) mass is 249 g/mol. The predicted molar refractivity (Wildman–Crippen MR) is 65.3 cm³/mol. The third kappa shape index (κ3) is 2.39. The average Bonchev–Trinajstić information content (AvgIpc) is 3.11. The highest BCUT2D eigenvalue weighted by atomic mass is 16.2. The number of nitrogens with one attached hydrogen (secondary N) is 1. The summed E-state index contributed by atoms with van der Waals surface area (Å²) in [6, 6.07) is 2.47. The molecule has 1 atom stereocenters. The van der Waals surface area contributed by atoms with E-state index in [0.29, 0.717) is 0 Å². The highest BCUT2D eigenvalue weighted by Gasteiger charge is 2.49. The molecule has 1 aliphatic heterocycles. The molecule has 2 rings (SSSR count). The summed E-state index contributed by atoms with van der Waals surface area (Å²) in [6.07, 6.45) is 2.55. The normalized spacial score (nSPS) is 23.3. The maximum atomic E-state index is 11.7. The smallest absolute Gasteiger partial charge is 0.229 e. The van der Waals surface area contributed by atoms with Crippen LogP contribution in [-0.4, -0.2) is 34.8 Å². The van der Waals surface area contributed by atoms with Crippen LogP contribution in [0.5, 0.6) is 0 Å². The SMILES string of the molecule is CC(C)NC(C#N)(CN1C(=O)CCC1=O)C1CC1. The summed E-state index contributed by atoms with van der Waals surface area (Å²) >= 11 is 0. The van der Waals surface area contributed by atoms with Crippen molar-refractivity contribution < 1.29 is 9.59 Å². The Balaban J connectivity index is 2.17. The molecule has 98 valence electrons. The topological polar surface area (TPSA) is 73.2 Å². The minimum Gasteiger partial charge on any atom is -0.295 e. The van der Waals surface area contributed by atoms with E-state index in [9.17, 15) is 14.9 Å². The van der Waals surface area contributed by atoms with Gasteiger partial charge in [-0.15, -0.1) is 0 Å². The molecule has 0 aromatic heterocycles. The molecule has 0 radical (unpaired) electrons. The second-order valence-electron chi connectivity index (χ2n) is 5.53. The molecule has 2 amide bonds. The number of nitriles is 1. The fourth-order valence-electron chi connectivity index (χ4n) is 2.59. The number of imide groups is 1. The van der Waals surface area contributed by atoms with E-state index in [1.54, 1.807) is 0 Å². The molecule has 1 aliphatic carbocycles. The molecule has 0 aromatic rings. The number of hydrogen-bond donors (Lipinski definition) is 1. The number of likely N-dealkylation sites (tertiary alicyclic amines) is 1. The Kier molecular flexibility index (Phi) is 3.40. The van der Waals surface area contributed by atoms with E-state index in [1.807, 2.05) is 13.8 Å².